The van der Waals surface area contributed by atoms with E-state index >= 15 is 0 Å². The van der Waals surface area contributed by atoms with Crippen molar-refractivity contribution in [2.75, 3.05) is 13.1 Å². The Kier molecular flexibility index (Phi) is 2.79. The lowest BCUT2D eigenvalue weighted by molar-refractivity contribution is -0.151. The van der Waals surface area contributed by atoms with Gasteiger partial charge in [0.15, 0.2) is 0 Å². The fraction of sp³-hybridized carbons (Fsp3) is 0.364. The van der Waals surface area contributed by atoms with Crippen LogP contribution in [-0.2, 0) is 16.1 Å². The maximum Gasteiger partial charge on any atom is 0.311 e. The summed E-state index contributed by atoms with van der Waals surface area (Å²) in [5.74, 6) is -0.0219. The Morgan fingerprint density at radius 2 is 2.07 bits per heavy atom. The molecular weight excluding hydrogens is 178 g/mol. The van der Waals surface area contributed by atoms with Crippen LogP contribution in [0.3, 0.4) is 0 Å². The standard InChI is InChI=1S/C11H13NO2/c13-11(10-6-12-7-10)14-8-9-4-2-1-3-5-9/h1-5,10,12H,6-8H2. The lowest BCUT2D eigenvalue weighted by atomic mass is 10.0. The van der Waals surface area contributed by atoms with Crippen LogP contribution in [0.2, 0.25) is 0 Å². The lowest BCUT2D eigenvalue weighted by Gasteiger charge is -2.24. The maximum atomic E-state index is 11.3. The second-order valence-electron chi connectivity index (χ2n) is 3.45. The van der Waals surface area contributed by atoms with Crippen LogP contribution < -0.4 is 5.32 Å². The molecule has 3 heteroatoms. The number of hydrogen-bond donors (Lipinski definition) is 1. The van der Waals surface area contributed by atoms with E-state index in [9.17, 15) is 4.79 Å². The van der Waals surface area contributed by atoms with E-state index in [-0.39, 0.29) is 11.9 Å². The van der Waals surface area contributed by atoms with Crippen LogP contribution in [0.15, 0.2) is 30.3 Å². The number of hydrogen-bond acceptors (Lipinski definition) is 3. The first kappa shape index (κ1) is 9.21. The molecule has 1 N–H and O–H groups in total. The third-order valence-corrected chi connectivity index (χ3v) is 2.34. The van der Waals surface area contributed by atoms with Gasteiger partial charge in [-0.15, -0.1) is 0 Å². The van der Waals surface area contributed by atoms with Crippen molar-refractivity contribution in [2.45, 2.75) is 6.61 Å². The molecule has 0 spiro atoms. The molecule has 1 aliphatic heterocycles. The Morgan fingerprint density at radius 3 is 2.64 bits per heavy atom. The van der Waals surface area contributed by atoms with Crippen LogP contribution in [0.4, 0.5) is 0 Å². The molecule has 0 aromatic heterocycles. The zero-order chi connectivity index (χ0) is 9.80. The molecule has 0 bridgehead atoms. The highest BCUT2D eigenvalue weighted by Gasteiger charge is 2.26. The first-order valence-electron chi connectivity index (χ1n) is 4.77. The zero-order valence-corrected chi connectivity index (χ0v) is 7.90. The molecule has 1 saturated heterocycles. The van der Waals surface area contributed by atoms with Gasteiger partial charge in [-0.25, -0.2) is 0 Å². The van der Waals surface area contributed by atoms with Gasteiger partial charge in [-0.3, -0.25) is 4.79 Å². The zero-order valence-electron chi connectivity index (χ0n) is 7.90. The lowest BCUT2D eigenvalue weighted by Crippen LogP contribution is -2.47. The number of esters is 1. The molecule has 0 amide bonds. The molecule has 0 unspecified atom stereocenters. The summed E-state index contributed by atoms with van der Waals surface area (Å²) in [6.07, 6.45) is 0. The quantitative estimate of drug-likeness (QED) is 0.723. The summed E-state index contributed by atoms with van der Waals surface area (Å²) in [7, 11) is 0. The molecule has 3 nitrogen and oxygen atoms in total. The summed E-state index contributed by atoms with van der Waals surface area (Å²) >= 11 is 0. The van der Waals surface area contributed by atoms with Gasteiger partial charge in [-0.05, 0) is 5.56 Å². The van der Waals surface area contributed by atoms with Crippen molar-refractivity contribution >= 4 is 5.97 Å². The normalized spacial score (nSPS) is 16.0. The Morgan fingerprint density at radius 1 is 1.36 bits per heavy atom. The van der Waals surface area contributed by atoms with Crippen molar-refractivity contribution < 1.29 is 9.53 Å². The van der Waals surface area contributed by atoms with E-state index in [4.69, 9.17) is 4.74 Å². The molecule has 0 atom stereocenters. The molecule has 1 heterocycles. The summed E-state index contributed by atoms with van der Waals surface area (Å²) in [5, 5.41) is 3.04. The van der Waals surface area contributed by atoms with Gasteiger partial charge in [0.1, 0.15) is 6.61 Å². The van der Waals surface area contributed by atoms with Crippen molar-refractivity contribution in [3.05, 3.63) is 35.9 Å². The molecule has 0 saturated carbocycles. The Labute approximate surface area is 83.1 Å². The van der Waals surface area contributed by atoms with Crippen molar-refractivity contribution in [2.24, 2.45) is 5.92 Å². The van der Waals surface area contributed by atoms with E-state index in [1.54, 1.807) is 0 Å². The van der Waals surface area contributed by atoms with Crippen LogP contribution >= 0.6 is 0 Å². The van der Waals surface area contributed by atoms with Gasteiger partial charge in [0.05, 0.1) is 5.92 Å². The summed E-state index contributed by atoms with van der Waals surface area (Å²) in [6, 6.07) is 9.72. The van der Waals surface area contributed by atoms with E-state index in [1.807, 2.05) is 30.3 Å². The summed E-state index contributed by atoms with van der Waals surface area (Å²) in [5.41, 5.74) is 1.04. The molecule has 0 radical (unpaired) electrons. The van der Waals surface area contributed by atoms with Gasteiger partial charge >= 0.3 is 5.97 Å². The van der Waals surface area contributed by atoms with Crippen LogP contribution in [0, 0.1) is 5.92 Å². The van der Waals surface area contributed by atoms with Crippen molar-refractivity contribution in [1.82, 2.24) is 5.32 Å². The van der Waals surface area contributed by atoms with Crippen LogP contribution in [-0.4, -0.2) is 19.1 Å². The van der Waals surface area contributed by atoms with E-state index in [0.717, 1.165) is 18.7 Å². The molecule has 1 fully saturated rings. The predicted octanol–water partition coefficient (Wildman–Crippen LogP) is 0.949. The Balaban J connectivity index is 1.79. The molecule has 0 aliphatic carbocycles. The molecule has 74 valence electrons. The van der Waals surface area contributed by atoms with Crippen LogP contribution in [0.1, 0.15) is 5.56 Å². The second kappa shape index (κ2) is 4.24. The Hall–Kier alpha value is -1.35. The SMILES string of the molecule is O=C(OCc1ccccc1)C1CNC1. The van der Waals surface area contributed by atoms with Crippen molar-refractivity contribution in [3.63, 3.8) is 0 Å². The van der Waals surface area contributed by atoms with Gasteiger partial charge in [0.2, 0.25) is 0 Å². The third kappa shape index (κ3) is 2.12. The molecule has 1 aromatic rings. The largest absolute Gasteiger partial charge is 0.461 e. The topological polar surface area (TPSA) is 38.3 Å². The molecule has 14 heavy (non-hydrogen) atoms. The summed E-state index contributed by atoms with van der Waals surface area (Å²) in [4.78, 5) is 11.3. The van der Waals surface area contributed by atoms with Crippen LogP contribution in [0.25, 0.3) is 0 Å². The Bertz CT molecular complexity index is 306. The van der Waals surface area contributed by atoms with Crippen molar-refractivity contribution in [3.8, 4) is 0 Å². The van der Waals surface area contributed by atoms with E-state index in [2.05, 4.69) is 5.32 Å². The highest BCUT2D eigenvalue weighted by atomic mass is 16.5. The first-order valence-corrected chi connectivity index (χ1v) is 4.77. The third-order valence-electron chi connectivity index (χ3n) is 2.34. The van der Waals surface area contributed by atoms with Crippen molar-refractivity contribution in [1.29, 1.82) is 0 Å². The number of rotatable bonds is 3. The number of ether oxygens (including phenoxy) is 1. The number of benzene rings is 1. The second-order valence-corrected chi connectivity index (χ2v) is 3.45. The van der Waals surface area contributed by atoms with Gasteiger partial charge in [-0.1, -0.05) is 30.3 Å². The van der Waals surface area contributed by atoms with E-state index in [0.29, 0.717) is 6.61 Å². The average Bonchev–Trinajstić information content (AvgIpc) is 2.14. The maximum absolute atomic E-state index is 11.3. The highest BCUT2D eigenvalue weighted by Crippen LogP contribution is 2.08. The van der Waals surface area contributed by atoms with Gasteiger partial charge in [-0.2, -0.15) is 0 Å². The first-order chi connectivity index (χ1) is 6.86. The molecule has 1 aromatic carbocycles. The molecule has 2 rings (SSSR count). The number of nitrogens with one attached hydrogen (secondary N) is 1. The number of carbonyl (C=O) groups is 1. The summed E-state index contributed by atoms with van der Waals surface area (Å²) < 4.78 is 5.15. The monoisotopic (exact) mass is 191 g/mol. The van der Waals surface area contributed by atoms with E-state index in [1.165, 1.54) is 0 Å². The minimum Gasteiger partial charge on any atom is -0.461 e. The van der Waals surface area contributed by atoms with Gasteiger partial charge < -0.3 is 10.1 Å². The summed E-state index contributed by atoms with van der Waals surface area (Å²) in [6.45, 7) is 1.90. The van der Waals surface area contributed by atoms with E-state index < -0.39 is 0 Å². The van der Waals surface area contributed by atoms with Gasteiger partial charge in [0.25, 0.3) is 0 Å². The minimum absolute atomic E-state index is 0.0683. The smallest absolute Gasteiger partial charge is 0.311 e. The highest BCUT2D eigenvalue weighted by molar-refractivity contribution is 5.74. The van der Waals surface area contributed by atoms with Gasteiger partial charge in [0, 0.05) is 13.1 Å². The number of carbonyl (C=O) groups excluding carboxylic acids is 1. The predicted molar refractivity (Wildman–Crippen MR) is 52.6 cm³/mol. The minimum atomic E-state index is -0.0902. The average molecular weight is 191 g/mol. The fourth-order valence-corrected chi connectivity index (χ4v) is 1.30. The molecule has 1 aliphatic rings. The van der Waals surface area contributed by atoms with Crippen LogP contribution in [0.5, 0.6) is 0 Å². The fourth-order valence-electron chi connectivity index (χ4n) is 1.30. The molecular formula is C11H13NO2.